The molecule has 0 aliphatic carbocycles. The van der Waals surface area contributed by atoms with Crippen molar-refractivity contribution in [1.29, 1.82) is 0 Å². The van der Waals surface area contributed by atoms with Crippen LogP contribution in [0.2, 0.25) is 0 Å². The standard InChI is InChI=1S/C18H21N3O5/c1-18(2)6-12-10(8-25-18)5-11-14-15(26-16(11)20-12)17(22)21(9-19-14)7-13(23-3)24-4/h5,9,13H,6-8H2,1-4H3. The Morgan fingerprint density at radius 2 is 2.12 bits per heavy atom. The smallest absolute Gasteiger partial charge is 0.297 e. The van der Waals surface area contributed by atoms with E-state index < -0.39 is 6.29 Å². The summed E-state index contributed by atoms with van der Waals surface area (Å²) in [6.45, 7) is 4.77. The van der Waals surface area contributed by atoms with Gasteiger partial charge in [0.1, 0.15) is 5.52 Å². The van der Waals surface area contributed by atoms with E-state index >= 15 is 0 Å². The second-order valence-electron chi connectivity index (χ2n) is 7.05. The maximum absolute atomic E-state index is 12.8. The van der Waals surface area contributed by atoms with Gasteiger partial charge in [-0.3, -0.25) is 9.36 Å². The van der Waals surface area contributed by atoms with E-state index in [-0.39, 0.29) is 23.3 Å². The van der Waals surface area contributed by atoms with Crippen LogP contribution in [-0.2, 0) is 33.8 Å². The van der Waals surface area contributed by atoms with E-state index in [1.165, 1.54) is 25.1 Å². The molecule has 0 fully saturated rings. The van der Waals surface area contributed by atoms with Gasteiger partial charge in [0.15, 0.2) is 6.29 Å². The lowest BCUT2D eigenvalue weighted by Crippen LogP contribution is -2.32. The second kappa shape index (κ2) is 6.15. The summed E-state index contributed by atoms with van der Waals surface area (Å²) in [6.07, 6.45) is 1.63. The highest BCUT2D eigenvalue weighted by Gasteiger charge is 2.28. The van der Waals surface area contributed by atoms with Crippen LogP contribution in [0.4, 0.5) is 0 Å². The number of hydrogen-bond acceptors (Lipinski definition) is 7. The minimum Gasteiger partial charge on any atom is -0.430 e. The molecule has 8 nitrogen and oxygen atoms in total. The van der Waals surface area contributed by atoms with Crippen LogP contribution in [-0.4, -0.2) is 40.6 Å². The van der Waals surface area contributed by atoms with Gasteiger partial charge in [-0.15, -0.1) is 0 Å². The average Bonchev–Trinajstić information content (AvgIpc) is 2.97. The van der Waals surface area contributed by atoms with Crippen molar-refractivity contribution in [3.63, 3.8) is 0 Å². The zero-order valence-corrected chi connectivity index (χ0v) is 15.2. The lowest BCUT2D eigenvalue weighted by Gasteiger charge is -2.30. The Labute approximate surface area is 149 Å². The number of ether oxygens (including phenoxy) is 3. The van der Waals surface area contributed by atoms with Crippen molar-refractivity contribution in [3.8, 4) is 0 Å². The normalized spacial score (nSPS) is 16.5. The van der Waals surface area contributed by atoms with E-state index in [2.05, 4.69) is 9.97 Å². The predicted molar refractivity (Wildman–Crippen MR) is 93.9 cm³/mol. The molecule has 0 saturated heterocycles. The summed E-state index contributed by atoms with van der Waals surface area (Å²) in [6, 6.07) is 1.96. The third kappa shape index (κ3) is 2.80. The largest absolute Gasteiger partial charge is 0.430 e. The van der Waals surface area contributed by atoms with Crippen molar-refractivity contribution in [1.82, 2.24) is 14.5 Å². The van der Waals surface area contributed by atoms with E-state index in [1.54, 1.807) is 0 Å². The Bertz CT molecular complexity index is 1030. The molecule has 0 N–H and O–H groups in total. The topological polar surface area (TPSA) is 88.6 Å². The number of rotatable bonds is 4. The summed E-state index contributed by atoms with van der Waals surface area (Å²) >= 11 is 0. The van der Waals surface area contributed by atoms with Crippen molar-refractivity contribution in [3.05, 3.63) is 34.0 Å². The first-order valence-corrected chi connectivity index (χ1v) is 8.42. The number of methoxy groups -OCH3 is 2. The number of hydrogen-bond donors (Lipinski definition) is 0. The van der Waals surface area contributed by atoms with Crippen LogP contribution in [0.3, 0.4) is 0 Å². The van der Waals surface area contributed by atoms with Gasteiger partial charge in [-0.1, -0.05) is 0 Å². The maximum atomic E-state index is 12.8. The average molecular weight is 359 g/mol. The van der Waals surface area contributed by atoms with Crippen molar-refractivity contribution in [2.45, 2.75) is 45.3 Å². The highest BCUT2D eigenvalue weighted by Crippen LogP contribution is 2.31. The van der Waals surface area contributed by atoms with Gasteiger partial charge in [0.25, 0.3) is 5.56 Å². The first kappa shape index (κ1) is 17.1. The van der Waals surface area contributed by atoms with Crippen molar-refractivity contribution >= 4 is 22.2 Å². The molecule has 138 valence electrons. The highest BCUT2D eigenvalue weighted by atomic mass is 16.7. The Kier molecular flexibility index (Phi) is 4.06. The van der Waals surface area contributed by atoms with Gasteiger partial charge in [-0.2, -0.15) is 0 Å². The van der Waals surface area contributed by atoms with E-state index in [4.69, 9.17) is 18.6 Å². The summed E-state index contributed by atoms with van der Waals surface area (Å²) in [5.74, 6) is 0. The lowest BCUT2D eigenvalue weighted by atomic mass is 9.95. The fraction of sp³-hybridized carbons (Fsp3) is 0.500. The molecule has 1 aliphatic rings. The fourth-order valence-corrected chi connectivity index (χ4v) is 3.21. The molecule has 0 saturated carbocycles. The van der Waals surface area contributed by atoms with E-state index in [0.29, 0.717) is 24.3 Å². The molecule has 0 atom stereocenters. The number of furan rings is 1. The summed E-state index contributed by atoms with van der Waals surface area (Å²) in [4.78, 5) is 21.8. The van der Waals surface area contributed by atoms with Crippen LogP contribution in [0.15, 0.2) is 21.6 Å². The van der Waals surface area contributed by atoms with Crippen LogP contribution in [0.1, 0.15) is 25.1 Å². The van der Waals surface area contributed by atoms with Crippen molar-refractivity contribution in [2.24, 2.45) is 0 Å². The van der Waals surface area contributed by atoms with Gasteiger partial charge >= 0.3 is 0 Å². The van der Waals surface area contributed by atoms with Gasteiger partial charge in [-0.25, -0.2) is 9.97 Å². The number of aromatic nitrogens is 3. The predicted octanol–water partition coefficient (Wildman–Crippen LogP) is 2.01. The zero-order chi connectivity index (χ0) is 18.5. The Hall–Kier alpha value is -2.29. The first-order valence-electron chi connectivity index (χ1n) is 8.42. The van der Waals surface area contributed by atoms with E-state index in [1.807, 2.05) is 19.9 Å². The van der Waals surface area contributed by atoms with Crippen molar-refractivity contribution in [2.75, 3.05) is 14.2 Å². The van der Waals surface area contributed by atoms with Gasteiger partial charge in [0.05, 0.1) is 36.2 Å². The molecule has 0 amide bonds. The molecular formula is C18H21N3O5. The van der Waals surface area contributed by atoms with Crippen LogP contribution < -0.4 is 5.56 Å². The highest BCUT2D eigenvalue weighted by molar-refractivity contribution is 6.00. The van der Waals surface area contributed by atoms with Crippen LogP contribution in [0.5, 0.6) is 0 Å². The van der Waals surface area contributed by atoms with Crippen molar-refractivity contribution < 1.29 is 18.6 Å². The molecule has 0 aromatic carbocycles. The third-order valence-electron chi connectivity index (χ3n) is 4.69. The molecule has 0 bridgehead atoms. The zero-order valence-electron chi connectivity index (χ0n) is 15.2. The molecule has 26 heavy (non-hydrogen) atoms. The summed E-state index contributed by atoms with van der Waals surface area (Å²) < 4.78 is 23.3. The van der Waals surface area contributed by atoms with Gasteiger partial charge in [0, 0.05) is 26.2 Å². The SMILES string of the molecule is COC(Cn1cnc2c(oc3nc4c(cc32)COC(C)(C)C4)c1=O)OC. The minimum atomic E-state index is -0.541. The minimum absolute atomic E-state index is 0.184. The molecule has 3 aromatic heterocycles. The number of fused-ring (bicyclic) bond motifs is 4. The molecule has 8 heteroatoms. The Morgan fingerprint density at radius 3 is 2.85 bits per heavy atom. The van der Waals surface area contributed by atoms with Gasteiger partial charge < -0.3 is 18.6 Å². The summed E-state index contributed by atoms with van der Waals surface area (Å²) in [5.41, 5.74) is 2.50. The molecule has 0 unspecified atom stereocenters. The summed E-state index contributed by atoms with van der Waals surface area (Å²) in [7, 11) is 3.04. The monoisotopic (exact) mass is 359 g/mol. The molecule has 0 spiro atoms. The summed E-state index contributed by atoms with van der Waals surface area (Å²) in [5, 5.41) is 0.723. The molecule has 4 heterocycles. The van der Waals surface area contributed by atoms with Crippen LogP contribution in [0.25, 0.3) is 22.2 Å². The van der Waals surface area contributed by atoms with E-state index in [9.17, 15) is 4.79 Å². The molecular weight excluding hydrogens is 338 g/mol. The Morgan fingerprint density at radius 1 is 1.35 bits per heavy atom. The van der Waals surface area contributed by atoms with E-state index in [0.717, 1.165) is 16.6 Å². The third-order valence-corrected chi connectivity index (χ3v) is 4.69. The van der Waals surface area contributed by atoms with Crippen LogP contribution in [0, 0.1) is 0 Å². The number of nitrogens with zero attached hydrogens (tertiary/aromatic N) is 3. The molecule has 3 aromatic rings. The maximum Gasteiger partial charge on any atom is 0.297 e. The molecule has 0 radical (unpaired) electrons. The van der Waals surface area contributed by atoms with Crippen LogP contribution >= 0.6 is 0 Å². The Balaban J connectivity index is 1.84. The van der Waals surface area contributed by atoms with Gasteiger partial charge in [0.2, 0.25) is 11.3 Å². The number of pyridine rings is 1. The first-order chi connectivity index (χ1) is 12.4. The van der Waals surface area contributed by atoms with Gasteiger partial charge in [-0.05, 0) is 19.9 Å². The second-order valence-corrected chi connectivity index (χ2v) is 7.05. The fourth-order valence-electron chi connectivity index (χ4n) is 3.21. The quantitative estimate of drug-likeness (QED) is 0.658. The molecule has 4 rings (SSSR count). The lowest BCUT2D eigenvalue weighted by molar-refractivity contribution is -0.111. The molecule has 1 aliphatic heterocycles.